The van der Waals surface area contributed by atoms with Crippen LogP contribution in [0.3, 0.4) is 0 Å². The van der Waals surface area contributed by atoms with Gasteiger partial charge in [-0.1, -0.05) is 15.9 Å². The van der Waals surface area contributed by atoms with Gasteiger partial charge in [0.1, 0.15) is 17.2 Å². The Hall–Kier alpha value is -3.12. The normalized spacial score (nSPS) is 12.8. The van der Waals surface area contributed by atoms with E-state index in [0.717, 1.165) is 44.1 Å². The SMILES string of the molecule is COc1ccc(C2=Nc3ccc(Br)cc3C(c3ccc(OC)cc3)=NN2)cc1. The van der Waals surface area contributed by atoms with E-state index < -0.39 is 0 Å². The maximum absolute atomic E-state index is 5.27. The predicted octanol–water partition coefficient (Wildman–Crippen LogP) is 4.90. The standard InChI is InChI=1S/C22H18BrN3O2/c1-27-17-8-3-14(4-9-17)21-19-13-16(23)7-12-20(19)24-22(26-25-21)15-5-10-18(28-2)11-6-15/h3-13H,1-2H3,(H,24,26). The first-order valence-corrected chi connectivity index (χ1v) is 9.48. The van der Waals surface area contributed by atoms with Gasteiger partial charge in [0.15, 0.2) is 5.84 Å². The number of methoxy groups -OCH3 is 2. The summed E-state index contributed by atoms with van der Waals surface area (Å²) in [5.41, 5.74) is 7.62. The van der Waals surface area contributed by atoms with Crippen LogP contribution in [0, 0.1) is 0 Å². The lowest BCUT2D eigenvalue weighted by Crippen LogP contribution is -2.19. The second kappa shape index (κ2) is 7.86. The summed E-state index contributed by atoms with van der Waals surface area (Å²) in [4.78, 5) is 4.82. The Morgan fingerprint density at radius 3 is 2.00 bits per heavy atom. The van der Waals surface area contributed by atoms with Gasteiger partial charge in [0.2, 0.25) is 0 Å². The second-order valence-electron chi connectivity index (χ2n) is 6.15. The van der Waals surface area contributed by atoms with Crippen LogP contribution in [0.5, 0.6) is 11.5 Å². The van der Waals surface area contributed by atoms with E-state index in [9.17, 15) is 0 Å². The molecule has 0 saturated carbocycles. The maximum atomic E-state index is 5.27. The lowest BCUT2D eigenvalue weighted by molar-refractivity contribution is 0.414. The molecule has 4 rings (SSSR count). The molecule has 0 atom stereocenters. The van der Waals surface area contributed by atoms with Crippen molar-refractivity contribution in [2.24, 2.45) is 10.1 Å². The average Bonchev–Trinajstić information content (AvgIpc) is 2.93. The molecule has 0 bridgehead atoms. The molecular weight excluding hydrogens is 418 g/mol. The van der Waals surface area contributed by atoms with Gasteiger partial charge in [0, 0.05) is 21.2 Å². The van der Waals surface area contributed by atoms with E-state index in [-0.39, 0.29) is 0 Å². The fraction of sp³-hybridized carbons (Fsp3) is 0.0909. The number of benzene rings is 3. The number of hydrazone groups is 1. The molecule has 1 heterocycles. The Kier molecular flexibility index (Phi) is 5.12. The Labute approximate surface area is 171 Å². The summed E-state index contributed by atoms with van der Waals surface area (Å²) in [6.45, 7) is 0. The molecule has 1 N–H and O–H groups in total. The molecule has 0 spiro atoms. The summed E-state index contributed by atoms with van der Waals surface area (Å²) >= 11 is 3.56. The molecule has 3 aromatic rings. The van der Waals surface area contributed by atoms with Gasteiger partial charge < -0.3 is 9.47 Å². The Balaban J connectivity index is 1.80. The van der Waals surface area contributed by atoms with E-state index in [1.165, 1.54) is 0 Å². The van der Waals surface area contributed by atoms with E-state index >= 15 is 0 Å². The lowest BCUT2D eigenvalue weighted by Gasteiger charge is -2.09. The third kappa shape index (κ3) is 3.64. The predicted molar refractivity (Wildman–Crippen MR) is 115 cm³/mol. The zero-order valence-corrected chi connectivity index (χ0v) is 17.0. The van der Waals surface area contributed by atoms with E-state index in [1.54, 1.807) is 14.2 Å². The summed E-state index contributed by atoms with van der Waals surface area (Å²) in [5.74, 6) is 2.27. The number of nitrogens with zero attached hydrogens (tertiary/aromatic N) is 2. The van der Waals surface area contributed by atoms with Gasteiger partial charge in [-0.3, -0.25) is 5.43 Å². The van der Waals surface area contributed by atoms with Crippen molar-refractivity contribution in [2.45, 2.75) is 0 Å². The highest BCUT2D eigenvalue weighted by atomic mass is 79.9. The third-order valence-corrected chi connectivity index (χ3v) is 4.94. The third-order valence-electron chi connectivity index (χ3n) is 4.45. The minimum Gasteiger partial charge on any atom is -0.497 e. The van der Waals surface area contributed by atoms with E-state index in [4.69, 9.17) is 14.5 Å². The highest BCUT2D eigenvalue weighted by molar-refractivity contribution is 9.10. The number of hydrogen-bond acceptors (Lipinski definition) is 5. The minimum absolute atomic E-state index is 0.676. The Morgan fingerprint density at radius 1 is 0.786 bits per heavy atom. The molecule has 0 fully saturated rings. The summed E-state index contributed by atoms with van der Waals surface area (Å²) in [7, 11) is 3.30. The smallest absolute Gasteiger partial charge is 0.154 e. The number of hydrogen-bond donors (Lipinski definition) is 1. The van der Waals surface area contributed by atoms with Crippen LogP contribution in [0.15, 0.2) is 81.3 Å². The second-order valence-corrected chi connectivity index (χ2v) is 7.07. The number of nitrogens with one attached hydrogen (secondary N) is 1. The van der Waals surface area contributed by atoms with Crippen molar-refractivity contribution < 1.29 is 9.47 Å². The van der Waals surface area contributed by atoms with Crippen LogP contribution in [0.2, 0.25) is 0 Å². The fourth-order valence-electron chi connectivity index (χ4n) is 2.96. The number of ether oxygens (including phenoxy) is 2. The van der Waals surface area contributed by atoms with Crippen LogP contribution in [-0.2, 0) is 0 Å². The maximum Gasteiger partial charge on any atom is 0.154 e. The van der Waals surface area contributed by atoms with Gasteiger partial charge in [0.05, 0.1) is 19.9 Å². The Bertz CT molecular complexity index is 1060. The highest BCUT2D eigenvalue weighted by Gasteiger charge is 2.18. The lowest BCUT2D eigenvalue weighted by atomic mass is 10.0. The summed E-state index contributed by atoms with van der Waals surface area (Å²) < 4.78 is 11.5. The van der Waals surface area contributed by atoms with Gasteiger partial charge >= 0.3 is 0 Å². The fourth-order valence-corrected chi connectivity index (χ4v) is 3.32. The zero-order valence-electron chi connectivity index (χ0n) is 15.4. The molecule has 5 nitrogen and oxygen atoms in total. The molecule has 0 amide bonds. The van der Waals surface area contributed by atoms with Gasteiger partial charge in [-0.2, -0.15) is 5.10 Å². The molecule has 140 valence electrons. The number of rotatable bonds is 4. The molecule has 3 aromatic carbocycles. The number of fused-ring (bicyclic) bond motifs is 1. The zero-order chi connectivity index (χ0) is 19.5. The quantitative estimate of drug-likeness (QED) is 0.633. The molecule has 28 heavy (non-hydrogen) atoms. The van der Waals surface area contributed by atoms with E-state index in [2.05, 4.69) is 26.5 Å². The van der Waals surface area contributed by atoms with Crippen LogP contribution in [-0.4, -0.2) is 25.8 Å². The molecule has 6 heteroatoms. The molecule has 0 aromatic heterocycles. The monoisotopic (exact) mass is 435 g/mol. The highest BCUT2D eigenvalue weighted by Crippen LogP contribution is 2.29. The van der Waals surface area contributed by atoms with Crippen molar-refractivity contribution in [3.05, 3.63) is 87.9 Å². The summed E-state index contributed by atoms with van der Waals surface area (Å²) in [5, 5.41) is 4.67. The largest absolute Gasteiger partial charge is 0.497 e. The van der Waals surface area contributed by atoms with E-state index in [1.807, 2.05) is 66.7 Å². The van der Waals surface area contributed by atoms with Crippen molar-refractivity contribution in [2.75, 3.05) is 14.2 Å². The van der Waals surface area contributed by atoms with Crippen molar-refractivity contribution >= 4 is 33.2 Å². The first kappa shape index (κ1) is 18.3. The van der Waals surface area contributed by atoms with Gasteiger partial charge in [0.25, 0.3) is 0 Å². The Morgan fingerprint density at radius 2 is 1.39 bits per heavy atom. The van der Waals surface area contributed by atoms with Gasteiger partial charge in [-0.15, -0.1) is 0 Å². The van der Waals surface area contributed by atoms with Crippen molar-refractivity contribution in [1.82, 2.24) is 5.43 Å². The average molecular weight is 436 g/mol. The van der Waals surface area contributed by atoms with Crippen molar-refractivity contribution in [1.29, 1.82) is 0 Å². The van der Waals surface area contributed by atoms with Gasteiger partial charge in [-0.05, 0) is 66.7 Å². The van der Waals surface area contributed by atoms with Crippen LogP contribution in [0.1, 0.15) is 16.7 Å². The number of aliphatic imine (C=N–C) groups is 1. The number of amidine groups is 1. The van der Waals surface area contributed by atoms with Crippen LogP contribution < -0.4 is 14.9 Å². The molecule has 0 aliphatic carbocycles. The van der Waals surface area contributed by atoms with Crippen LogP contribution in [0.25, 0.3) is 0 Å². The molecule has 1 aliphatic rings. The molecule has 0 unspecified atom stereocenters. The van der Waals surface area contributed by atoms with Crippen molar-refractivity contribution in [3.8, 4) is 11.5 Å². The topological polar surface area (TPSA) is 55.2 Å². The molecule has 0 radical (unpaired) electrons. The number of halogens is 1. The summed E-state index contributed by atoms with van der Waals surface area (Å²) in [6.07, 6.45) is 0. The van der Waals surface area contributed by atoms with Crippen molar-refractivity contribution in [3.63, 3.8) is 0 Å². The van der Waals surface area contributed by atoms with Gasteiger partial charge in [-0.25, -0.2) is 4.99 Å². The van der Waals surface area contributed by atoms with E-state index in [0.29, 0.717) is 5.84 Å². The first-order valence-electron chi connectivity index (χ1n) is 8.69. The molecule has 1 aliphatic heterocycles. The molecule has 0 saturated heterocycles. The molecular formula is C22H18BrN3O2. The first-order chi connectivity index (χ1) is 13.7. The van der Waals surface area contributed by atoms with Crippen LogP contribution in [0.4, 0.5) is 5.69 Å². The minimum atomic E-state index is 0.676. The van der Waals surface area contributed by atoms with Crippen LogP contribution >= 0.6 is 15.9 Å². The summed E-state index contributed by atoms with van der Waals surface area (Å²) in [6, 6.07) is 21.5.